The van der Waals surface area contributed by atoms with E-state index in [1.807, 2.05) is 24.3 Å². The van der Waals surface area contributed by atoms with Crippen LogP contribution in [0.4, 0.5) is 0 Å². The van der Waals surface area contributed by atoms with Crippen LogP contribution in [0.1, 0.15) is 12.0 Å². The molecular formula is C12H13ClN4O. The Balaban J connectivity index is 2.00. The highest BCUT2D eigenvalue weighted by Crippen LogP contribution is 2.23. The molecule has 0 aliphatic carbocycles. The second kappa shape index (κ2) is 5.76. The van der Waals surface area contributed by atoms with Gasteiger partial charge in [0.1, 0.15) is 0 Å². The standard InChI is InChI=1S/C12H13ClN4O/c13-11-4-2-1-3-10(11)8-17-7-9(5-12(17)18)6-15-16-14/h1-4,9H,5-8H2. The molecule has 0 radical (unpaired) electrons. The number of amides is 1. The molecule has 1 aliphatic heterocycles. The summed E-state index contributed by atoms with van der Waals surface area (Å²) in [6.45, 7) is 1.52. The van der Waals surface area contributed by atoms with Crippen molar-refractivity contribution >= 4 is 17.5 Å². The first kappa shape index (κ1) is 12.7. The summed E-state index contributed by atoms with van der Waals surface area (Å²) >= 11 is 6.07. The van der Waals surface area contributed by atoms with Gasteiger partial charge in [-0.2, -0.15) is 0 Å². The molecule has 1 saturated heterocycles. The predicted octanol–water partition coefficient (Wildman–Crippen LogP) is 3.00. The van der Waals surface area contributed by atoms with Gasteiger partial charge in [-0.05, 0) is 23.1 Å². The molecule has 1 aliphatic rings. The van der Waals surface area contributed by atoms with Crippen molar-refractivity contribution in [3.8, 4) is 0 Å². The van der Waals surface area contributed by atoms with E-state index in [0.29, 0.717) is 31.1 Å². The lowest BCUT2D eigenvalue weighted by Crippen LogP contribution is -2.25. The third-order valence-corrected chi connectivity index (χ3v) is 3.39. The van der Waals surface area contributed by atoms with E-state index < -0.39 is 0 Å². The van der Waals surface area contributed by atoms with Crippen LogP contribution in [0.2, 0.25) is 5.02 Å². The zero-order valence-corrected chi connectivity index (χ0v) is 10.5. The van der Waals surface area contributed by atoms with Gasteiger partial charge in [0.2, 0.25) is 5.91 Å². The van der Waals surface area contributed by atoms with Gasteiger partial charge >= 0.3 is 0 Å². The predicted molar refractivity (Wildman–Crippen MR) is 69.0 cm³/mol. The lowest BCUT2D eigenvalue weighted by atomic mass is 10.1. The fourth-order valence-electron chi connectivity index (χ4n) is 2.11. The maximum atomic E-state index is 11.8. The molecule has 5 nitrogen and oxygen atoms in total. The van der Waals surface area contributed by atoms with E-state index in [0.717, 1.165) is 5.56 Å². The van der Waals surface area contributed by atoms with E-state index >= 15 is 0 Å². The highest BCUT2D eigenvalue weighted by atomic mass is 35.5. The zero-order valence-electron chi connectivity index (χ0n) is 9.79. The van der Waals surface area contributed by atoms with Gasteiger partial charge in [0.05, 0.1) is 0 Å². The van der Waals surface area contributed by atoms with Crippen LogP contribution in [0.25, 0.3) is 10.4 Å². The van der Waals surface area contributed by atoms with E-state index in [-0.39, 0.29) is 11.8 Å². The summed E-state index contributed by atoms with van der Waals surface area (Å²) in [5, 5.41) is 4.19. The Morgan fingerprint density at radius 1 is 1.50 bits per heavy atom. The number of hydrogen-bond acceptors (Lipinski definition) is 2. The van der Waals surface area contributed by atoms with Gasteiger partial charge in [0.25, 0.3) is 0 Å². The number of nitrogens with zero attached hydrogens (tertiary/aromatic N) is 4. The quantitative estimate of drug-likeness (QED) is 0.468. The third-order valence-electron chi connectivity index (χ3n) is 3.02. The lowest BCUT2D eigenvalue weighted by Gasteiger charge is -2.17. The molecule has 1 aromatic rings. The number of azide groups is 1. The molecule has 0 N–H and O–H groups in total. The average Bonchev–Trinajstić information content (AvgIpc) is 2.70. The third kappa shape index (κ3) is 2.94. The molecule has 1 fully saturated rings. The minimum absolute atomic E-state index is 0.0908. The molecule has 18 heavy (non-hydrogen) atoms. The number of halogens is 1. The number of rotatable bonds is 4. The summed E-state index contributed by atoms with van der Waals surface area (Å²) in [4.78, 5) is 16.3. The molecule has 2 rings (SSSR count). The number of carbonyl (C=O) groups is 1. The first-order valence-electron chi connectivity index (χ1n) is 5.72. The highest BCUT2D eigenvalue weighted by Gasteiger charge is 2.29. The number of likely N-dealkylation sites (tertiary alicyclic amines) is 1. The van der Waals surface area contributed by atoms with Crippen LogP contribution < -0.4 is 0 Å². The SMILES string of the molecule is [N-]=[N+]=NCC1CC(=O)N(Cc2ccccc2Cl)C1. The second-order valence-corrected chi connectivity index (χ2v) is 4.76. The minimum atomic E-state index is 0.0908. The van der Waals surface area contributed by atoms with Crippen molar-refractivity contribution in [2.75, 3.05) is 13.1 Å². The van der Waals surface area contributed by atoms with Crippen molar-refractivity contribution < 1.29 is 4.79 Å². The maximum Gasteiger partial charge on any atom is 0.223 e. The lowest BCUT2D eigenvalue weighted by molar-refractivity contribution is -0.128. The molecule has 94 valence electrons. The van der Waals surface area contributed by atoms with Gasteiger partial charge in [0.15, 0.2) is 0 Å². The number of hydrogen-bond donors (Lipinski definition) is 0. The Morgan fingerprint density at radius 3 is 3.00 bits per heavy atom. The topological polar surface area (TPSA) is 69.1 Å². The van der Waals surface area contributed by atoms with Crippen LogP contribution in [0.5, 0.6) is 0 Å². The van der Waals surface area contributed by atoms with Crippen LogP contribution in [-0.4, -0.2) is 23.9 Å². The Hall–Kier alpha value is -1.71. The Bertz CT molecular complexity index is 499. The van der Waals surface area contributed by atoms with E-state index in [1.54, 1.807) is 4.90 Å². The summed E-state index contributed by atoms with van der Waals surface area (Å²) < 4.78 is 0. The molecule has 1 unspecified atom stereocenters. The van der Waals surface area contributed by atoms with Gasteiger partial charge in [-0.15, -0.1) is 0 Å². The summed E-state index contributed by atoms with van der Waals surface area (Å²) in [6.07, 6.45) is 0.448. The first-order chi connectivity index (χ1) is 8.70. The van der Waals surface area contributed by atoms with Crippen molar-refractivity contribution in [2.24, 2.45) is 11.0 Å². The molecule has 1 atom stereocenters. The summed E-state index contributed by atoms with van der Waals surface area (Å²) in [5.41, 5.74) is 9.21. The van der Waals surface area contributed by atoms with Crippen LogP contribution in [-0.2, 0) is 11.3 Å². The van der Waals surface area contributed by atoms with Gasteiger partial charge in [-0.25, -0.2) is 0 Å². The molecule has 0 saturated carbocycles. The molecule has 1 aromatic carbocycles. The van der Waals surface area contributed by atoms with Crippen LogP contribution in [0.15, 0.2) is 29.4 Å². The maximum absolute atomic E-state index is 11.8. The molecule has 0 aromatic heterocycles. The Labute approximate surface area is 110 Å². The van der Waals surface area contributed by atoms with Crippen LogP contribution >= 0.6 is 11.6 Å². The second-order valence-electron chi connectivity index (χ2n) is 4.35. The molecular weight excluding hydrogens is 252 g/mol. The van der Waals surface area contributed by atoms with Crippen molar-refractivity contribution in [3.63, 3.8) is 0 Å². The van der Waals surface area contributed by atoms with E-state index in [1.165, 1.54) is 0 Å². The van der Waals surface area contributed by atoms with Crippen molar-refractivity contribution in [2.45, 2.75) is 13.0 Å². The number of carbonyl (C=O) groups excluding carboxylic acids is 1. The Morgan fingerprint density at radius 2 is 2.28 bits per heavy atom. The molecule has 0 bridgehead atoms. The fourth-order valence-corrected chi connectivity index (χ4v) is 2.31. The number of benzene rings is 1. The van der Waals surface area contributed by atoms with Crippen LogP contribution in [0, 0.1) is 5.92 Å². The van der Waals surface area contributed by atoms with Crippen molar-refractivity contribution in [1.82, 2.24) is 4.90 Å². The monoisotopic (exact) mass is 264 g/mol. The normalized spacial score (nSPS) is 18.8. The fraction of sp³-hybridized carbons (Fsp3) is 0.417. The van der Waals surface area contributed by atoms with Crippen molar-refractivity contribution in [3.05, 3.63) is 45.3 Å². The summed E-state index contributed by atoms with van der Waals surface area (Å²) in [5.74, 6) is 0.212. The van der Waals surface area contributed by atoms with Gasteiger partial charge in [-0.1, -0.05) is 34.9 Å². The van der Waals surface area contributed by atoms with E-state index in [9.17, 15) is 4.79 Å². The molecule has 6 heteroatoms. The smallest absolute Gasteiger partial charge is 0.223 e. The van der Waals surface area contributed by atoms with Gasteiger partial charge in [-0.3, -0.25) is 4.79 Å². The van der Waals surface area contributed by atoms with E-state index in [2.05, 4.69) is 10.0 Å². The first-order valence-corrected chi connectivity index (χ1v) is 6.10. The Kier molecular flexibility index (Phi) is 4.07. The van der Waals surface area contributed by atoms with Crippen LogP contribution in [0.3, 0.4) is 0 Å². The average molecular weight is 265 g/mol. The van der Waals surface area contributed by atoms with Crippen molar-refractivity contribution in [1.29, 1.82) is 0 Å². The molecule has 0 spiro atoms. The van der Waals surface area contributed by atoms with Gasteiger partial charge < -0.3 is 4.90 Å². The largest absolute Gasteiger partial charge is 0.338 e. The zero-order chi connectivity index (χ0) is 13.0. The molecule has 1 heterocycles. The molecule has 1 amide bonds. The summed E-state index contributed by atoms with van der Waals surface area (Å²) in [7, 11) is 0. The van der Waals surface area contributed by atoms with E-state index in [4.69, 9.17) is 17.1 Å². The minimum Gasteiger partial charge on any atom is -0.338 e. The van der Waals surface area contributed by atoms with Gasteiger partial charge in [0, 0.05) is 36.0 Å². The summed E-state index contributed by atoms with van der Waals surface area (Å²) in [6, 6.07) is 7.49. The highest BCUT2D eigenvalue weighted by molar-refractivity contribution is 6.31.